The van der Waals surface area contributed by atoms with Crippen LogP contribution in [0, 0.1) is 20.2 Å². The maximum absolute atomic E-state index is 12.0. The zero-order valence-corrected chi connectivity index (χ0v) is 14.1. The van der Waals surface area contributed by atoms with Gasteiger partial charge in [0.05, 0.1) is 16.1 Å². The monoisotopic (exact) mass is 380 g/mol. The van der Waals surface area contributed by atoms with Gasteiger partial charge in [-0.25, -0.2) is 5.43 Å². The third-order valence-corrected chi connectivity index (χ3v) is 3.65. The maximum Gasteiger partial charge on any atom is 0.271 e. The van der Waals surface area contributed by atoms with Gasteiger partial charge in [-0.3, -0.25) is 25.0 Å². The van der Waals surface area contributed by atoms with Crippen LogP contribution in [0.5, 0.6) is 0 Å². The van der Waals surface area contributed by atoms with E-state index in [0.29, 0.717) is 17.1 Å². The number of nitrogens with zero attached hydrogens (tertiary/aromatic N) is 3. The lowest BCUT2D eigenvalue weighted by Crippen LogP contribution is -2.17. The molecule has 3 rings (SSSR count). The van der Waals surface area contributed by atoms with Gasteiger partial charge in [-0.1, -0.05) is 18.2 Å². The number of non-ortho nitro benzene ring substituents is 2. The molecule has 0 aliphatic rings. The molecule has 10 heteroatoms. The summed E-state index contributed by atoms with van der Waals surface area (Å²) in [6, 6.07) is 14.4. The largest absolute Gasteiger partial charge is 0.455 e. The third-order valence-electron chi connectivity index (χ3n) is 3.65. The average molecular weight is 380 g/mol. The number of amides is 1. The van der Waals surface area contributed by atoms with E-state index in [4.69, 9.17) is 4.42 Å². The van der Waals surface area contributed by atoms with E-state index in [1.165, 1.54) is 36.5 Å². The number of nitro benzene ring substituents is 2. The molecule has 0 aliphatic carbocycles. The lowest BCUT2D eigenvalue weighted by molar-refractivity contribution is -0.385. The van der Waals surface area contributed by atoms with E-state index in [2.05, 4.69) is 10.5 Å². The van der Waals surface area contributed by atoms with Crippen LogP contribution in [-0.4, -0.2) is 22.0 Å². The number of rotatable bonds is 6. The Bertz CT molecular complexity index is 1090. The molecule has 28 heavy (non-hydrogen) atoms. The summed E-state index contributed by atoms with van der Waals surface area (Å²) < 4.78 is 5.53. The maximum atomic E-state index is 12.0. The van der Waals surface area contributed by atoms with Gasteiger partial charge in [0.25, 0.3) is 17.3 Å². The minimum absolute atomic E-state index is 0.0617. The number of nitrogens with one attached hydrogen (secondary N) is 1. The molecule has 0 radical (unpaired) electrons. The van der Waals surface area contributed by atoms with Crippen molar-refractivity contribution in [3.05, 3.63) is 92.2 Å². The Hall–Kier alpha value is -4.34. The SMILES string of the molecule is O=C(N/N=C\c1ccc(-c2cccc([N+](=O)[O-])c2)o1)c1cccc([N+](=O)[O-])c1. The van der Waals surface area contributed by atoms with E-state index >= 15 is 0 Å². The van der Waals surface area contributed by atoms with Crippen molar-refractivity contribution in [2.24, 2.45) is 5.10 Å². The van der Waals surface area contributed by atoms with Crippen LogP contribution in [0.2, 0.25) is 0 Å². The van der Waals surface area contributed by atoms with Crippen LogP contribution >= 0.6 is 0 Å². The van der Waals surface area contributed by atoms with Gasteiger partial charge in [-0.2, -0.15) is 5.10 Å². The zero-order chi connectivity index (χ0) is 20.1. The Kier molecular flexibility index (Phi) is 5.21. The Morgan fingerprint density at radius 3 is 2.36 bits per heavy atom. The van der Waals surface area contributed by atoms with Gasteiger partial charge in [0.15, 0.2) is 0 Å². The second kappa shape index (κ2) is 7.91. The van der Waals surface area contributed by atoms with E-state index in [1.807, 2.05) is 0 Å². The van der Waals surface area contributed by atoms with Crippen molar-refractivity contribution in [3.8, 4) is 11.3 Å². The first-order chi connectivity index (χ1) is 13.4. The number of nitro groups is 2. The Morgan fingerprint density at radius 2 is 1.64 bits per heavy atom. The molecule has 10 nitrogen and oxygen atoms in total. The number of hydrogen-bond donors (Lipinski definition) is 1. The van der Waals surface area contributed by atoms with Gasteiger partial charge in [0.2, 0.25) is 0 Å². The molecule has 1 N–H and O–H groups in total. The first-order valence-corrected chi connectivity index (χ1v) is 7.86. The van der Waals surface area contributed by atoms with Gasteiger partial charge in [-0.05, 0) is 18.2 Å². The topological polar surface area (TPSA) is 141 Å². The van der Waals surface area contributed by atoms with Crippen LogP contribution in [0.4, 0.5) is 11.4 Å². The summed E-state index contributed by atoms with van der Waals surface area (Å²) in [6.07, 6.45) is 1.25. The summed E-state index contributed by atoms with van der Waals surface area (Å²) in [5.74, 6) is 0.0847. The summed E-state index contributed by atoms with van der Waals surface area (Å²) in [4.78, 5) is 32.5. The van der Waals surface area contributed by atoms with Crippen molar-refractivity contribution in [3.63, 3.8) is 0 Å². The minimum Gasteiger partial charge on any atom is -0.455 e. The Balaban J connectivity index is 1.68. The van der Waals surface area contributed by atoms with E-state index in [9.17, 15) is 25.0 Å². The first-order valence-electron chi connectivity index (χ1n) is 7.86. The fourth-order valence-electron chi connectivity index (χ4n) is 2.33. The fourth-order valence-corrected chi connectivity index (χ4v) is 2.33. The molecule has 0 unspecified atom stereocenters. The molecule has 0 bridgehead atoms. The molecule has 140 valence electrons. The molecule has 2 aromatic carbocycles. The van der Waals surface area contributed by atoms with Crippen LogP contribution in [0.1, 0.15) is 16.1 Å². The molecule has 0 atom stereocenters. The van der Waals surface area contributed by atoms with Crippen LogP contribution < -0.4 is 5.43 Å². The summed E-state index contributed by atoms with van der Waals surface area (Å²) >= 11 is 0. The van der Waals surface area contributed by atoms with E-state index in [0.717, 1.165) is 6.07 Å². The van der Waals surface area contributed by atoms with Crippen LogP contribution in [-0.2, 0) is 0 Å². The van der Waals surface area contributed by atoms with Gasteiger partial charge in [0.1, 0.15) is 11.5 Å². The van der Waals surface area contributed by atoms with Gasteiger partial charge in [0, 0.05) is 35.4 Å². The molecule has 3 aromatic rings. The van der Waals surface area contributed by atoms with Crippen molar-refractivity contribution in [1.82, 2.24) is 5.43 Å². The number of carbonyl (C=O) groups is 1. The first kappa shape index (κ1) is 18.5. The predicted octanol–water partition coefficient (Wildman–Crippen LogP) is 3.53. The van der Waals surface area contributed by atoms with Crippen LogP contribution in [0.3, 0.4) is 0 Å². The lowest BCUT2D eigenvalue weighted by Gasteiger charge is -1.99. The van der Waals surface area contributed by atoms with Crippen LogP contribution in [0.25, 0.3) is 11.3 Å². The number of carbonyl (C=O) groups excluding carboxylic acids is 1. The molecule has 1 amide bonds. The molecular weight excluding hydrogens is 368 g/mol. The summed E-state index contributed by atoms with van der Waals surface area (Å²) in [5, 5.41) is 25.3. The standard InChI is InChI=1S/C18H12N4O6/c23-18(13-4-2-6-15(10-13)22(26)27)20-19-11-16-7-8-17(28-16)12-3-1-5-14(9-12)21(24)25/h1-11H,(H,20,23)/b19-11-. The Labute approximate surface area is 157 Å². The second-order valence-electron chi connectivity index (χ2n) is 5.52. The Morgan fingerprint density at radius 1 is 0.964 bits per heavy atom. The highest BCUT2D eigenvalue weighted by atomic mass is 16.6. The molecule has 0 saturated heterocycles. The number of furan rings is 1. The highest BCUT2D eigenvalue weighted by Gasteiger charge is 2.11. The normalized spacial score (nSPS) is 10.7. The summed E-state index contributed by atoms with van der Waals surface area (Å²) in [5.41, 5.74) is 2.59. The zero-order valence-electron chi connectivity index (χ0n) is 14.1. The smallest absolute Gasteiger partial charge is 0.271 e. The number of benzene rings is 2. The molecule has 1 heterocycles. The fraction of sp³-hybridized carbons (Fsp3) is 0. The summed E-state index contributed by atoms with van der Waals surface area (Å²) in [7, 11) is 0. The van der Waals surface area contributed by atoms with Gasteiger partial charge in [-0.15, -0.1) is 0 Å². The second-order valence-corrected chi connectivity index (χ2v) is 5.52. The highest BCUT2D eigenvalue weighted by molar-refractivity contribution is 5.95. The van der Waals surface area contributed by atoms with Crippen molar-refractivity contribution in [1.29, 1.82) is 0 Å². The van der Waals surface area contributed by atoms with Crippen molar-refractivity contribution >= 4 is 23.5 Å². The van der Waals surface area contributed by atoms with E-state index in [-0.39, 0.29) is 16.9 Å². The summed E-state index contributed by atoms with van der Waals surface area (Å²) in [6.45, 7) is 0. The van der Waals surface area contributed by atoms with Crippen molar-refractivity contribution in [2.75, 3.05) is 0 Å². The van der Waals surface area contributed by atoms with Crippen LogP contribution in [0.15, 0.2) is 70.2 Å². The van der Waals surface area contributed by atoms with E-state index in [1.54, 1.807) is 24.3 Å². The molecule has 0 aliphatic heterocycles. The quantitative estimate of drug-likeness (QED) is 0.394. The number of hydrogen-bond acceptors (Lipinski definition) is 7. The minimum atomic E-state index is -0.620. The average Bonchev–Trinajstić information content (AvgIpc) is 3.17. The lowest BCUT2D eigenvalue weighted by atomic mass is 10.1. The molecule has 1 aromatic heterocycles. The molecule has 0 fully saturated rings. The molecular formula is C18H12N4O6. The number of hydrazone groups is 1. The third kappa shape index (κ3) is 4.25. The van der Waals surface area contributed by atoms with E-state index < -0.39 is 15.8 Å². The van der Waals surface area contributed by atoms with Gasteiger partial charge >= 0.3 is 0 Å². The predicted molar refractivity (Wildman–Crippen MR) is 99.0 cm³/mol. The molecule has 0 saturated carbocycles. The van der Waals surface area contributed by atoms with Gasteiger partial charge < -0.3 is 4.42 Å². The molecule has 0 spiro atoms. The highest BCUT2D eigenvalue weighted by Crippen LogP contribution is 2.25. The van der Waals surface area contributed by atoms with Crippen molar-refractivity contribution in [2.45, 2.75) is 0 Å². The van der Waals surface area contributed by atoms with Crippen molar-refractivity contribution < 1.29 is 19.1 Å².